The second-order valence-electron chi connectivity index (χ2n) is 6.05. The number of hydrogen-bond donors (Lipinski definition) is 2. The van der Waals surface area contributed by atoms with Gasteiger partial charge in [-0.2, -0.15) is 0 Å². The normalized spacial score (nSPS) is 14.5. The Balaban J connectivity index is 2.01. The first-order valence-electron chi connectivity index (χ1n) is 7.23. The van der Waals surface area contributed by atoms with Crippen LogP contribution in [0.25, 0.3) is 0 Å². The minimum Gasteiger partial charge on any atom is -0.493 e. The summed E-state index contributed by atoms with van der Waals surface area (Å²) in [6.45, 7) is 4.73. The molecule has 0 atom stereocenters. The van der Waals surface area contributed by atoms with Crippen LogP contribution in [-0.4, -0.2) is 32.8 Å². The summed E-state index contributed by atoms with van der Waals surface area (Å²) >= 11 is 0. The highest BCUT2D eigenvalue weighted by Crippen LogP contribution is 2.32. The highest BCUT2D eigenvalue weighted by molar-refractivity contribution is 5.74. The van der Waals surface area contributed by atoms with Gasteiger partial charge in [0, 0.05) is 18.0 Å². The molecule has 2 amide bonds. The quantitative estimate of drug-likeness (QED) is 0.846. The largest absolute Gasteiger partial charge is 0.493 e. The zero-order chi connectivity index (χ0) is 15.5. The molecule has 2 N–H and O–H groups in total. The van der Waals surface area contributed by atoms with Gasteiger partial charge in [-0.25, -0.2) is 4.79 Å². The number of urea groups is 1. The number of carbonyl (C=O) groups excluding carboxylic acids is 1. The zero-order valence-corrected chi connectivity index (χ0v) is 13.2. The lowest BCUT2D eigenvalue weighted by Gasteiger charge is -2.26. The molecule has 116 valence electrons. The van der Waals surface area contributed by atoms with Crippen LogP contribution in [0.15, 0.2) is 18.2 Å². The third kappa shape index (κ3) is 4.03. The summed E-state index contributed by atoms with van der Waals surface area (Å²) in [6.07, 6.45) is 2.18. The number of nitrogens with one attached hydrogen (secondary N) is 2. The summed E-state index contributed by atoms with van der Waals surface area (Å²) in [6, 6.07) is 6.13. The van der Waals surface area contributed by atoms with Crippen LogP contribution in [-0.2, 0) is 5.41 Å². The maximum atomic E-state index is 11.7. The van der Waals surface area contributed by atoms with Crippen molar-refractivity contribution in [3.8, 4) is 11.5 Å². The molecule has 2 rings (SSSR count). The maximum Gasteiger partial charge on any atom is 0.315 e. The van der Waals surface area contributed by atoms with E-state index in [1.165, 1.54) is 0 Å². The SMILES string of the molecule is COc1ccc(C(C)(C)CNC(=O)NC2CC2)cc1OC. The predicted octanol–water partition coefficient (Wildman–Crippen LogP) is 2.44. The third-order valence-electron chi connectivity index (χ3n) is 3.77. The molecule has 0 unspecified atom stereocenters. The van der Waals surface area contributed by atoms with Gasteiger partial charge < -0.3 is 20.1 Å². The minimum absolute atomic E-state index is 0.0916. The number of ether oxygens (including phenoxy) is 2. The van der Waals surface area contributed by atoms with Gasteiger partial charge in [-0.1, -0.05) is 19.9 Å². The van der Waals surface area contributed by atoms with Crippen molar-refractivity contribution in [2.75, 3.05) is 20.8 Å². The Hall–Kier alpha value is -1.91. The Morgan fingerprint density at radius 3 is 2.48 bits per heavy atom. The van der Waals surface area contributed by atoms with Crippen molar-refractivity contribution < 1.29 is 14.3 Å². The van der Waals surface area contributed by atoms with Crippen LogP contribution in [0.3, 0.4) is 0 Å². The van der Waals surface area contributed by atoms with Crippen molar-refractivity contribution >= 4 is 6.03 Å². The molecular formula is C16H24N2O3. The number of hydrogen-bond acceptors (Lipinski definition) is 3. The van der Waals surface area contributed by atoms with Gasteiger partial charge in [-0.3, -0.25) is 0 Å². The van der Waals surface area contributed by atoms with Crippen LogP contribution in [0.2, 0.25) is 0 Å². The van der Waals surface area contributed by atoms with Crippen LogP contribution in [0.1, 0.15) is 32.3 Å². The van der Waals surface area contributed by atoms with Gasteiger partial charge in [-0.15, -0.1) is 0 Å². The van der Waals surface area contributed by atoms with Gasteiger partial charge in [0.15, 0.2) is 11.5 Å². The molecule has 0 heterocycles. The topological polar surface area (TPSA) is 59.6 Å². The van der Waals surface area contributed by atoms with Gasteiger partial charge in [0.2, 0.25) is 0 Å². The molecule has 21 heavy (non-hydrogen) atoms. The fraction of sp³-hybridized carbons (Fsp3) is 0.562. The van der Waals surface area contributed by atoms with Crippen LogP contribution in [0, 0.1) is 0 Å². The lowest BCUT2D eigenvalue weighted by molar-refractivity contribution is 0.238. The molecule has 1 aliphatic carbocycles. The zero-order valence-electron chi connectivity index (χ0n) is 13.2. The number of carbonyl (C=O) groups is 1. The van der Waals surface area contributed by atoms with Gasteiger partial charge in [0.05, 0.1) is 14.2 Å². The fourth-order valence-corrected chi connectivity index (χ4v) is 2.12. The summed E-state index contributed by atoms with van der Waals surface area (Å²) in [5.74, 6) is 1.40. The number of benzene rings is 1. The van der Waals surface area contributed by atoms with E-state index in [9.17, 15) is 4.79 Å². The predicted molar refractivity (Wildman–Crippen MR) is 82.1 cm³/mol. The first-order chi connectivity index (χ1) is 9.96. The minimum atomic E-state index is -0.194. The molecule has 0 spiro atoms. The monoisotopic (exact) mass is 292 g/mol. The summed E-state index contributed by atoms with van der Waals surface area (Å²) in [7, 11) is 3.24. The molecule has 5 heteroatoms. The fourth-order valence-electron chi connectivity index (χ4n) is 2.12. The maximum absolute atomic E-state index is 11.7. The van der Waals surface area contributed by atoms with E-state index >= 15 is 0 Å². The third-order valence-corrected chi connectivity index (χ3v) is 3.77. The van der Waals surface area contributed by atoms with Crippen LogP contribution in [0.5, 0.6) is 11.5 Å². The van der Waals surface area contributed by atoms with Crippen molar-refractivity contribution in [1.29, 1.82) is 0 Å². The second kappa shape index (κ2) is 6.24. The van der Waals surface area contributed by atoms with Crippen molar-refractivity contribution in [3.63, 3.8) is 0 Å². The summed E-state index contributed by atoms with van der Waals surface area (Å²) in [4.78, 5) is 11.7. The second-order valence-corrected chi connectivity index (χ2v) is 6.05. The Morgan fingerprint density at radius 2 is 1.90 bits per heavy atom. The smallest absolute Gasteiger partial charge is 0.315 e. The lowest BCUT2D eigenvalue weighted by Crippen LogP contribution is -2.43. The standard InChI is InChI=1S/C16H24N2O3/c1-16(2,10-17-15(19)18-12-6-7-12)11-5-8-13(20-3)14(9-11)21-4/h5,8-9,12H,6-7,10H2,1-4H3,(H2,17,18,19). The van der Waals surface area contributed by atoms with Crippen molar-refractivity contribution in [1.82, 2.24) is 10.6 Å². The Morgan fingerprint density at radius 1 is 1.24 bits per heavy atom. The van der Waals surface area contributed by atoms with E-state index in [-0.39, 0.29) is 11.4 Å². The highest BCUT2D eigenvalue weighted by atomic mass is 16.5. The van der Waals surface area contributed by atoms with Gasteiger partial charge in [0.25, 0.3) is 0 Å². The first-order valence-corrected chi connectivity index (χ1v) is 7.23. The van der Waals surface area contributed by atoms with E-state index in [0.29, 0.717) is 24.1 Å². The molecule has 5 nitrogen and oxygen atoms in total. The van der Waals surface area contributed by atoms with E-state index in [1.807, 2.05) is 18.2 Å². The summed E-state index contributed by atoms with van der Waals surface area (Å²) < 4.78 is 10.6. The van der Waals surface area contributed by atoms with Gasteiger partial charge in [0.1, 0.15) is 0 Å². The van der Waals surface area contributed by atoms with Crippen molar-refractivity contribution in [2.24, 2.45) is 0 Å². The highest BCUT2D eigenvalue weighted by Gasteiger charge is 2.26. The van der Waals surface area contributed by atoms with Crippen molar-refractivity contribution in [2.45, 2.75) is 38.1 Å². The summed E-state index contributed by atoms with van der Waals surface area (Å²) in [5.41, 5.74) is 0.896. The average molecular weight is 292 g/mol. The van der Waals surface area contributed by atoms with E-state index in [1.54, 1.807) is 14.2 Å². The molecule has 0 radical (unpaired) electrons. The molecule has 1 saturated carbocycles. The Kier molecular flexibility index (Phi) is 4.60. The Labute approximate surface area is 126 Å². The van der Waals surface area contributed by atoms with E-state index < -0.39 is 0 Å². The first kappa shape index (κ1) is 15.5. The molecule has 1 aromatic carbocycles. The number of rotatable bonds is 6. The van der Waals surface area contributed by atoms with Gasteiger partial charge >= 0.3 is 6.03 Å². The van der Waals surface area contributed by atoms with E-state index in [0.717, 1.165) is 18.4 Å². The molecule has 0 bridgehead atoms. The number of amides is 2. The molecule has 0 aromatic heterocycles. The molecule has 0 saturated heterocycles. The van der Waals surface area contributed by atoms with Crippen LogP contribution < -0.4 is 20.1 Å². The van der Waals surface area contributed by atoms with Crippen LogP contribution in [0.4, 0.5) is 4.79 Å². The van der Waals surface area contributed by atoms with E-state index in [2.05, 4.69) is 24.5 Å². The number of methoxy groups -OCH3 is 2. The van der Waals surface area contributed by atoms with E-state index in [4.69, 9.17) is 9.47 Å². The Bertz CT molecular complexity index is 510. The molecular weight excluding hydrogens is 268 g/mol. The van der Waals surface area contributed by atoms with Crippen LogP contribution >= 0.6 is 0 Å². The van der Waals surface area contributed by atoms with Crippen molar-refractivity contribution in [3.05, 3.63) is 23.8 Å². The summed E-state index contributed by atoms with van der Waals surface area (Å²) in [5, 5.41) is 5.86. The molecule has 1 aromatic rings. The molecule has 1 fully saturated rings. The lowest BCUT2D eigenvalue weighted by atomic mass is 9.84. The average Bonchev–Trinajstić information content (AvgIpc) is 3.28. The molecule has 0 aliphatic heterocycles. The molecule has 1 aliphatic rings. The van der Waals surface area contributed by atoms with Gasteiger partial charge in [-0.05, 0) is 30.5 Å².